The lowest BCUT2D eigenvalue weighted by molar-refractivity contribution is -0.386. The van der Waals surface area contributed by atoms with Gasteiger partial charge in [0.15, 0.2) is 5.75 Å². The molecule has 2 aromatic rings. The van der Waals surface area contributed by atoms with Crippen molar-refractivity contribution in [3.8, 4) is 11.8 Å². The Labute approximate surface area is 122 Å². The molecule has 0 aliphatic carbocycles. The summed E-state index contributed by atoms with van der Waals surface area (Å²) in [5.41, 5.74) is 3.08. The molecule has 0 aromatic heterocycles. The molecule has 0 atom stereocenters. The predicted octanol–water partition coefficient (Wildman–Crippen LogP) is 3.66. The van der Waals surface area contributed by atoms with E-state index in [1.165, 1.54) is 6.07 Å². The van der Waals surface area contributed by atoms with Crippen LogP contribution in [0.4, 0.5) is 5.69 Å². The second-order valence-electron chi connectivity index (χ2n) is 4.72. The van der Waals surface area contributed by atoms with Crippen LogP contribution in [0.3, 0.4) is 0 Å². The number of hydrogen-bond acceptors (Lipinski definition) is 4. The minimum atomic E-state index is -0.450. The molecule has 0 aliphatic rings. The van der Waals surface area contributed by atoms with Crippen molar-refractivity contribution in [3.05, 3.63) is 68.8 Å². The summed E-state index contributed by atoms with van der Waals surface area (Å²) in [4.78, 5) is 10.6. The van der Waals surface area contributed by atoms with E-state index in [0.717, 1.165) is 16.7 Å². The van der Waals surface area contributed by atoms with Crippen LogP contribution >= 0.6 is 0 Å². The maximum Gasteiger partial charge on any atom is 0.311 e. The van der Waals surface area contributed by atoms with Gasteiger partial charge in [-0.3, -0.25) is 10.1 Å². The Morgan fingerprint density at radius 2 is 2.00 bits per heavy atom. The summed E-state index contributed by atoms with van der Waals surface area (Å²) in [7, 11) is 0. The molecular weight excluding hydrogens is 268 g/mol. The van der Waals surface area contributed by atoms with Gasteiger partial charge in [-0.1, -0.05) is 18.2 Å². The minimum Gasteiger partial charge on any atom is -0.482 e. The average molecular weight is 282 g/mol. The Kier molecular flexibility index (Phi) is 4.19. The fraction of sp³-hybridized carbons (Fsp3) is 0.188. The molecule has 106 valence electrons. The number of ether oxygens (including phenoxy) is 1. The van der Waals surface area contributed by atoms with Crippen LogP contribution in [-0.2, 0) is 6.61 Å². The summed E-state index contributed by atoms with van der Waals surface area (Å²) in [5, 5.41) is 19.9. The second kappa shape index (κ2) is 6.06. The highest BCUT2D eigenvalue weighted by Gasteiger charge is 2.17. The number of nitrogens with zero attached hydrogens (tertiary/aromatic N) is 2. The van der Waals surface area contributed by atoms with Crippen molar-refractivity contribution in [1.29, 1.82) is 5.26 Å². The van der Waals surface area contributed by atoms with Crippen molar-refractivity contribution in [2.24, 2.45) is 0 Å². The van der Waals surface area contributed by atoms with E-state index in [4.69, 9.17) is 10.00 Å². The fourth-order valence-electron chi connectivity index (χ4n) is 2.05. The Bertz CT molecular complexity index is 733. The van der Waals surface area contributed by atoms with E-state index in [0.29, 0.717) is 5.56 Å². The molecule has 0 saturated carbocycles. The molecule has 0 saturated heterocycles. The molecule has 0 bridgehead atoms. The Morgan fingerprint density at radius 1 is 1.24 bits per heavy atom. The van der Waals surface area contributed by atoms with Gasteiger partial charge in [-0.2, -0.15) is 5.26 Å². The van der Waals surface area contributed by atoms with Crippen molar-refractivity contribution in [1.82, 2.24) is 0 Å². The molecule has 0 fully saturated rings. The van der Waals surface area contributed by atoms with Gasteiger partial charge in [-0.05, 0) is 42.7 Å². The first kappa shape index (κ1) is 14.5. The standard InChI is InChI=1S/C16H14N2O3/c1-11-4-3-5-15(18(19)20)16(11)21-10-14-7-6-13(9-17)8-12(14)2/h3-8H,10H2,1-2H3. The molecule has 0 radical (unpaired) electrons. The molecule has 0 aliphatic heterocycles. The van der Waals surface area contributed by atoms with Crippen LogP contribution in [0.1, 0.15) is 22.3 Å². The maximum absolute atomic E-state index is 11.0. The van der Waals surface area contributed by atoms with Crippen LogP contribution in [0.2, 0.25) is 0 Å². The highest BCUT2D eigenvalue weighted by atomic mass is 16.6. The average Bonchev–Trinajstić information content (AvgIpc) is 2.46. The third-order valence-corrected chi connectivity index (χ3v) is 3.23. The Balaban J connectivity index is 2.25. The van der Waals surface area contributed by atoms with Crippen molar-refractivity contribution in [3.63, 3.8) is 0 Å². The van der Waals surface area contributed by atoms with Gasteiger partial charge in [0, 0.05) is 6.07 Å². The number of nitro benzene ring substituents is 1. The SMILES string of the molecule is Cc1cc(C#N)ccc1COc1c(C)cccc1[N+](=O)[O-]. The van der Waals surface area contributed by atoms with Gasteiger partial charge in [0.05, 0.1) is 16.6 Å². The van der Waals surface area contributed by atoms with Gasteiger partial charge < -0.3 is 4.74 Å². The summed E-state index contributed by atoms with van der Waals surface area (Å²) < 4.78 is 5.65. The van der Waals surface area contributed by atoms with Gasteiger partial charge in [-0.25, -0.2) is 0 Å². The van der Waals surface area contributed by atoms with Crippen LogP contribution in [0.25, 0.3) is 0 Å². The summed E-state index contributed by atoms with van der Waals surface area (Å²) in [6.45, 7) is 3.88. The molecule has 21 heavy (non-hydrogen) atoms. The number of nitriles is 1. The first-order valence-electron chi connectivity index (χ1n) is 6.39. The van der Waals surface area contributed by atoms with Crippen LogP contribution in [0.5, 0.6) is 5.75 Å². The first-order valence-corrected chi connectivity index (χ1v) is 6.39. The van der Waals surface area contributed by atoms with Gasteiger partial charge in [0.25, 0.3) is 0 Å². The second-order valence-corrected chi connectivity index (χ2v) is 4.72. The monoisotopic (exact) mass is 282 g/mol. The van der Waals surface area contributed by atoms with E-state index in [2.05, 4.69) is 6.07 Å². The molecule has 2 rings (SSSR count). The number of hydrogen-bond donors (Lipinski definition) is 0. The summed E-state index contributed by atoms with van der Waals surface area (Å²) in [6.07, 6.45) is 0. The lowest BCUT2D eigenvalue weighted by Gasteiger charge is -2.11. The lowest BCUT2D eigenvalue weighted by atomic mass is 10.1. The zero-order valence-electron chi connectivity index (χ0n) is 11.8. The third kappa shape index (κ3) is 3.18. The molecule has 5 heteroatoms. The highest BCUT2D eigenvalue weighted by Crippen LogP contribution is 2.31. The van der Waals surface area contributed by atoms with Crippen molar-refractivity contribution < 1.29 is 9.66 Å². The lowest BCUT2D eigenvalue weighted by Crippen LogP contribution is -2.02. The van der Waals surface area contributed by atoms with Crippen LogP contribution < -0.4 is 4.74 Å². The number of aryl methyl sites for hydroxylation is 2. The number of para-hydroxylation sites is 1. The molecule has 0 unspecified atom stereocenters. The van der Waals surface area contributed by atoms with E-state index in [9.17, 15) is 10.1 Å². The van der Waals surface area contributed by atoms with Gasteiger partial charge in [-0.15, -0.1) is 0 Å². The molecular formula is C16H14N2O3. The largest absolute Gasteiger partial charge is 0.482 e. The van der Waals surface area contributed by atoms with Gasteiger partial charge in [0.2, 0.25) is 0 Å². The third-order valence-electron chi connectivity index (χ3n) is 3.23. The predicted molar refractivity (Wildman–Crippen MR) is 78.1 cm³/mol. The number of nitro groups is 1. The fourth-order valence-corrected chi connectivity index (χ4v) is 2.05. The van der Waals surface area contributed by atoms with Gasteiger partial charge >= 0.3 is 5.69 Å². The van der Waals surface area contributed by atoms with E-state index in [1.54, 1.807) is 37.3 Å². The quantitative estimate of drug-likeness (QED) is 0.633. The summed E-state index contributed by atoms with van der Waals surface area (Å²) in [5.74, 6) is 0.284. The Morgan fingerprint density at radius 3 is 2.62 bits per heavy atom. The van der Waals surface area contributed by atoms with E-state index in [1.807, 2.05) is 6.92 Å². The Hall–Kier alpha value is -2.87. The maximum atomic E-state index is 11.0. The first-order chi connectivity index (χ1) is 10.0. The normalized spacial score (nSPS) is 9.95. The van der Waals surface area contributed by atoms with E-state index < -0.39 is 4.92 Å². The minimum absolute atomic E-state index is 0.0405. The van der Waals surface area contributed by atoms with Crippen LogP contribution in [-0.4, -0.2) is 4.92 Å². The van der Waals surface area contributed by atoms with Crippen molar-refractivity contribution in [2.45, 2.75) is 20.5 Å². The van der Waals surface area contributed by atoms with Crippen molar-refractivity contribution in [2.75, 3.05) is 0 Å². The van der Waals surface area contributed by atoms with E-state index in [-0.39, 0.29) is 18.0 Å². The summed E-state index contributed by atoms with van der Waals surface area (Å²) in [6, 6.07) is 12.2. The number of rotatable bonds is 4. The van der Waals surface area contributed by atoms with Crippen molar-refractivity contribution >= 4 is 5.69 Å². The zero-order chi connectivity index (χ0) is 15.4. The number of benzene rings is 2. The molecule has 0 amide bonds. The van der Waals surface area contributed by atoms with E-state index >= 15 is 0 Å². The van der Waals surface area contributed by atoms with Gasteiger partial charge in [0.1, 0.15) is 6.61 Å². The molecule has 5 nitrogen and oxygen atoms in total. The zero-order valence-corrected chi connectivity index (χ0v) is 11.8. The molecule has 0 N–H and O–H groups in total. The van der Waals surface area contributed by atoms with Crippen LogP contribution in [0, 0.1) is 35.3 Å². The smallest absolute Gasteiger partial charge is 0.311 e. The van der Waals surface area contributed by atoms with Crippen LogP contribution in [0.15, 0.2) is 36.4 Å². The topological polar surface area (TPSA) is 76.2 Å². The summed E-state index contributed by atoms with van der Waals surface area (Å²) >= 11 is 0. The molecule has 2 aromatic carbocycles. The molecule has 0 heterocycles. The molecule has 0 spiro atoms. The highest BCUT2D eigenvalue weighted by molar-refractivity contribution is 5.51.